The molecular weight excluding hydrogens is 400 g/mol. The number of para-hydroxylation sites is 1. The summed E-state index contributed by atoms with van der Waals surface area (Å²) in [6.07, 6.45) is 0.742. The lowest BCUT2D eigenvalue weighted by Gasteiger charge is -2.18. The average molecular weight is 433 g/mol. The Morgan fingerprint density at radius 2 is 1.53 bits per heavy atom. The summed E-state index contributed by atoms with van der Waals surface area (Å²) in [4.78, 5) is 14.9. The number of rotatable bonds is 11. The standard InChI is InChI=1S/C27H32N2O3/c1-4-29(5-2)18-17-28-27(30)25-16-13-22(20-26(25)31-3)19-21-11-14-24(15-12-21)32-23-9-7-6-8-10-23/h6-16,20H,4-5,17-19H2,1-3H3,(H,28,30). The summed E-state index contributed by atoms with van der Waals surface area (Å²) >= 11 is 0. The Balaban J connectivity index is 1.61. The Morgan fingerprint density at radius 1 is 0.875 bits per heavy atom. The highest BCUT2D eigenvalue weighted by molar-refractivity contribution is 5.97. The van der Waals surface area contributed by atoms with E-state index in [2.05, 4.69) is 36.2 Å². The first-order valence-corrected chi connectivity index (χ1v) is 11.1. The molecule has 5 nitrogen and oxygen atoms in total. The Bertz CT molecular complexity index is 984. The number of benzene rings is 3. The second-order valence-corrected chi connectivity index (χ2v) is 7.55. The van der Waals surface area contributed by atoms with Gasteiger partial charge in [0.05, 0.1) is 12.7 Å². The number of nitrogens with zero attached hydrogens (tertiary/aromatic N) is 1. The van der Waals surface area contributed by atoms with Crippen molar-refractivity contribution in [3.8, 4) is 17.2 Å². The molecule has 0 aliphatic carbocycles. The first-order chi connectivity index (χ1) is 15.6. The molecule has 168 valence electrons. The van der Waals surface area contributed by atoms with Crippen LogP contribution in [0.15, 0.2) is 72.8 Å². The molecule has 0 aromatic heterocycles. The van der Waals surface area contributed by atoms with Crippen molar-refractivity contribution in [3.05, 3.63) is 89.5 Å². The van der Waals surface area contributed by atoms with E-state index in [1.807, 2.05) is 60.7 Å². The fourth-order valence-electron chi connectivity index (χ4n) is 3.53. The minimum Gasteiger partial charge on any atom is -0.496 e. The van der Waals surface area contributed by atoms with Crippen molar-refractivity contribution in [1.29, 1.82) is 0 Å². The quantitative estimate of drug-likeness (QED) is 0.455. The molecule has 0 spiro atoms. The fourth-order valence-corrected chi connectivity index (χ4v) is 3.53. The molecule has 1 N–H and O–H groups in total. The summed E-state index contributed by atoms with van der Waals surface area (Å²) in [5.41, 5.74) is 2.80. The maximum absolute atomic E-state index is 12.6. The number of methoxy groups -OCH3 is 1. The van der Waals surface area contributed by atoms with Gasteiger partial charge in [0.2, 0.25) is 0 Å². The second kappa shape index (κ2) is 11.9. The predicted molar refractivity (Wildman–Crippen MR) is 129 cm³/mol. The molecule has 0 unspecified atom stereocenters. The number of carbonyl (C=O) groups is 1. The lowest BCUT2D eigenvalue weighted by atomic mass is 10.0. The highest BCUT2D eigenvalue weighted by Gasteiger charge is 2.13. The molecule has 0 saturated heterocycles. The van der Waals surface area contributed by atoms with E-state index in [0.29, 0.717) is 17.9 Å². The van der Waals surface area contributed by atoms with E-state index in [1.54, 1.807) is 7.11 Å². The summed E-state index contributed by atoms with van der Waals surface area (Å²) in [6.45, 7) is 7.65. The molecule has 0 bridgehead atoms. The van der Waals surface area contributed by atoms with Crippen LogP contribution in [0.3, 0.4) is 0 Å². The zero-order valence-corrected chi connectivity index (χ0v) is 19.1. The van der Waals surface area contributed by atoms with E-state index in [9.17, 15) is 4.79 Å². The van der Waals surface area contributed by atoms with Crippen LogP contribution in [0.1, 0.15) is 35.3 Å². The lowest BCUT2D eigenvalue weighted by molar-refractivity contribution is 0.0946. The van der Waals surface area contributed by atoms with Crippen LogP contribution < -0.4 is 14.8 Å². The van der Waals surface area contributed by atoms with Gasteiger partial charge >= 0.3 is 0 Å². The summed E-state index contributed by atoms with van der Waals surface area (Å²) in [5, 5.41) is 2.99. The van der Waals surface area contributed by atoms with Gasteiger partial charge in [-0.25, -0.2) is 0 Å². The van der Waals surface area contributed by atoms with E-state index >= 15 is 0 Å². The van der Waals surface area contributed by atoms with E-state index in [0.717, 1.165) is 48.7 Å². The molecule has 0 aliphatic heterocycles. The summed E-state index contributed by atoms with van der Waals surface area (Å²) in [7, 11) is 1.60. The molecule has 0 aliphatic rings. The third-order valence-corrected chi connectivity index (χ3v) is 5.43. The molecule has 0 atom stereocenters. The molecule has 32 heavy (non-hydrogen) atoms. The highest BCUT2D eigenvalue weighted by Crippen LogP contribution is 2.24. The molecule has 3 aromatic rings. The van der Waals surface area contributed by atoms with Crippen molar-refractivity contribution in [2.75, 3.05) is 33.3 Å². The summed E-state index contributed by atoms with van der Waals surface area (Å²) in [5.74, 6) is 2.10. The molecule has 1 amide bonds. The van der Waals surface area contributed by atoms with E-state index in [4.69, 9.17) is 9.47 Å². The molecule has 0 radical (unpaired) electrons. The van der Waals surface area contributed by atoms with Crippen LogP contribution in [0, 0.1) is 0 Å². The monoisotopic (exact) mass is 432 g/mol. The molecule has 5 heteroatoms. The first-order valence-electron chi connectivity index (χ1n) is 11.1. The predicted octanol–water partition coefficient (Wildman–Crippen LogP) is 5.15. The van der Waals surface area contributed by atoms with Crippen molar-refractivity contribution in [1.82, 2.24) is 10.2 Å². The zero-order chi connectivity index (χ0) is 22.8. The number of carbonyl (C=O) groups excluding carboxylic acids is 1. The van der Waals surface area contributed by atoms with Crippen molar-refractivity contribution in [2.24, 2.45) is 0 Å². The minimum atomic E-state index is -0.108. The van der Waals surface area contributed by atoms with Gasteiger partial charge in [-0.3, -0.25) is 4.79 Å². The van der Waals surface area contributed by atoms with Gasteiger partial charge in [-0.2, -0.15) is 0 Å². The number of nitrogens with one attached hydrogen (secondary N) is 1. The van der Waals surface area contributed by atoms with Crippen LogP contribution in [0.5, 0.6) is 17.2 Å². The fraction of sp³-hybridized carbons (Fsp3) is 0.296. The molecule has 0 fully saturated rings. The van der Waals surface area contributed by atoms with Gasteiger partial charge in [0.25, 0.3) is 5.91 Å². The van der Waals surface area contributed by atoms with E-state index in [-0.39, 0.29) is 5.91 Å². The maximum atomic E-state index is 12.6. The van der Waals surface area contributed by atoms with Gasteiger partial charge in [0, 0.05) is 13.1 Å². The van der Waals surface area contributed by atoms with Crippen molar-refractivity contribution in [3.63, 3.8) is 0 Å². The first kappa shape index (κ1) is 23.4. The summed E-state index contributed by atoms with van der Waals surface area (Å²) < 4.78 is 11.4. The minimum absolute atomic E-state index is 0.108. The van der Waals surface area contributed by atoms with Gasteiger partial charge < -0.3 is 19.7 Å². The molecular formula is C27H32N2O3. The van der Waals surface area contributed by atoms with Crippen LogP contribution in [0.25, 0.3) is 0 Å². The van der Waals surface area contributed by atoms with Crippen molar-refractivity contribution in [2.45, 2.75) is 20.3 Å². The van der Waals surface area contributed by atoms with Crippen molar-refractivity contribution < 1.29 is 14.3 Å². The Morgan fingerprint density at radius 3 is 2.19 bits per heavy atom. The van der Waals surface area contributed by atoms with Crippen LogP contribution in [-0.4, -0.2) is 44.1 Å². The Labute approximate surface area is 191 Å². The topological polar surface area (TPSA) is 50.8 Å². The third-order valence-electron chi connectivity index (χ3n) is 5.43. The average Bonchev–Trinajstić information content (AvgIpc) is 2.83. The van der Waals surface area contributed by atoms with Gasteiger partial charge in [-0.15, -0.1) is 0 Å². The zero-order valence-electron chi connectivity index (χ0n) is 19.1. The Hall–Kier alpha value is -3.31. The third kappa shape index (κ3) is 6.59. The van der Waals surface area contributed by atoms with Crippen LogP contribution in [0.2, 0.25) is 0 Å². The van der Waals surface area contributed by atoms with Gasteiger partial charge in [-0.05, 0) is 67.0 Å². The van der Waals surface area contributed by atoms with Crippen LogP contribution >= 0.6 is 0 Å². The SMILES string of the molecule is CCN(CC)CCNC(=O)c1ccc(Cc2ccc(Oc3ccccc3)cc2)cc1OC. The molecule has 3 rings (SSSR count). The van der Waals surface area contributed by atoms with Crippen LogP contribution in [0.4, 0.5) is 0 Å². The normalized spacial score (nSPS) is 10.8. The van der Waals surface area contributed by atoms with E-state index < -0.39 is 0 Å². The number of ether oxygens (including phenoxy) is 2. The van der Waals surface area contributed by atoms with Gasteiger partial charge in [0.1, 0.15) is 17.2 Å². The number of likely N-dealkylation sites (N-methyl/N-ethyl adjacent to an activating group) is 1. The molecule has 3 aromatic carbocycles. The molecule has 0 saturated carbocycles. The van der Waals surface area contributed by atoms with Crippen molar-refractivity contribution >= 4 is 5.91 Å². The molecule has 0 heterocycles. The van der Waals surface area contributed by atoms with E-state index in [1.165, 1.54) is 0 Å². The maximum Gasteiger partial charge on any atom is 0.255 e. The second-order valence-electron chi connectivity index (χ2n) is 7.55. The number of hydrogen-bond donors (Lipinski definition) is 1. The van der Waals surface area contributed by atoms with Gasteiger partial charge in [0.15, 0.2) is 0 Å². The van der Waals surface area contributed by atoms with Gasteiger partial charge in [-0.1, -0.05) is 50.2 Å². The summed E-state index contributed by atoms with van der Waals surface area (Å²) in [6, 6.07) is 23.5. The Kier molecular flexibility index (Phi) is 8.70. The smallest absolute Gasteiger partial charge is 0.255 e. The number of amides is 1. The largest absolute Gasteiger partial charge is 0.496 e. The number of hydrogen-bond acceptors (Lipinski definition) is 4. The highest BCUT2D eigenvalue weighted by atomic mass is 16.5. The van der Waals surface area contributed by atoms with Crippen LogP contribution in [-0.2, 0) is 6.42 Å². The lowest BCUT2D eigenvalue weighted by Crippen LogP contribution is -2.34.